The molecule has 0 spiro atoms. The van der Waals surface area contributed by atoms with Gasteiger partial charge < -0.3 is 0 Å². The van der Waals surface area contributed by atoms with Gasteiger partial charge in [0.05, 0.1) is 10.4 Å². The van der Waals surface area contributed by atoms with Crippen LogP contribution < -0.4 is 0 Å². The van der Waals surface area contributed by atoms with Gasteiger partial charge in [0, 0.05) is 17.8 Å². The molecule has 1 aromatic heterocycles. The molecule has 1 aromatic carbocycles. The van der Waals surface area contributed by atoms with E-state index in [1.54, 1.807) is 11.3 Å². The van der Waals surface area contributed by atoms with Crippen molar-refractivity contribution in [2.75, 3.05) is 6.54 Å². The Balaban J connectivity index is 1.88. The van der Waals surface area contributed by atoms with Crippen LogP contribution in [0.25, 0.3) is 0 Å². The highest BCUT2D eigenvalue weighted by atomic mass is 32.1. The molecule has 0 radical (unpaired) electrons. The van der Waals surface area contributed by atoms with Gasteiger partial charge in [0.1, 0.15) is 6.04 Å². The summed E-state index contributed by atoms with van der Waals surface area (Å²) in [5.74, 6) is 6.82. The molecule has 2 heterocycles. The first-order valence-electron chi connectivity index (χ1n) is 7.55. The summed E-state index contributed by atoms with van der Waals surface area (Å²) in [4.78, 5) is 8.03. The van der Waals surface area contributed by atoms with Gasteiger partial charge in [-0.1, -0.05) is 36.5 Å². The largest absolute Gasteiger partial charge is 0.283 e. The number of thiazole rings is 1. The second kappa shape index (κ2) is 6.89. The molecule has 3 rings (SSSR count). The third-order valence-corrected chi connectivity index (χ3v) is 4.86. The van der Waals surface area contributed by atoms with Gasteiger partial charge in [0.2, 0.25) is 0 Å². The van der Waals surface area contributed by atoms with Crippen molar-refractivity contribution in [3.05, 3.63) is 52.5 Å². The second-order valence-electron chi connectivity index (χ2n) is 5.52. The summed E-state index contributed by atoms with van der Waals surface area (Å²) in [7, 11) is 0. The maximum atomic E-state index is 4.24. The van der Waals surface area contributed by atoms with Gasteiger partial charge in [0.15, 0.2) is 0 Å². The number of likely N-dealkylation sites (tertiary alicyclic amines) is 1. The topological polar surface area (TPSA) is 16.1 Å². The molecule has 0 amide bonds. The van der Waals surface area contributed by atoms with E-state index in [1.165, 1.54) is 24.1 Å². The number of rotatable bonds is 2. The average Bonchev–Trinajstić information content (AvgIpc) is 3.04. The molecule has 0 saturated carbocycles. The molecule has 108 valence electrons. The molecular weight excluding hydrogens is 276 g/mol. The van der Waals surface area contributed by atoms with Crippen LogP contribution in [0.1, 0.15) is 42.7 Å². The van der Waals surface area contributed by atoms with E-state index in [9.17, 15) is 0 Å². The lowest BCUT2D eigenvalue weighted by Gasteiger charge is -2.36. The first kappa shape index (κ1) is 14.3. The molecule has 2 atom stereocenters. The van der Waals surface area contributed by atoms with Crippen molar-refractivity contribution in [1.82, 2.24) is 9.88 Å². The highest BCUT2D eigenvalue weighted by Crippen LogP contribution is 2.30. The fraction of sp³-hybridized carbons (Fsp3) is 0.389. The standard InChI is InChI=1S/C18H20N2S/c1-15-7-5-6-12-20(15)17(18-13-19-14-21-18)11-10-16-8-3-2-4-9-16/h2-4,8-9,13-15,17H,5-7,12H2,1H3. The molecule has 21 heavy (non-hydrogen) atoms. The molecule has 0 N–H and O–H groups in total. The molecule has 1 saturated heterocycles. The van der Waals surface area contributed by atoms with Gasteiger partial charge in [0.25, 0.3) is 0 Å². The van der Waals surface area contributed by atoms with Crippen molar-refractivity contribution in [1.29, 1.82) is 0 Å². The monoisotopic (exact) mass is 296 g/mol. The van der Waals surface area contributed by atoms with Crippen LogP contribution in [-0.2, 0) is 0 Å². The Kier molecular flexibility index (Phi) is 4.69. The maximum Gasteiger partial charge on any atom is 0.109 e. The molecule has 1 fully saturated rings. The second-order valence-corrected chi connectivity index (χ2v) is 6.44. The summed E-state index contributed by atoms with van der Waals surface area (Å²) < 4.78 is 0. The molecule has 2 nitrogen and oxygen atoms in total. The Morgan fingerprint density at radius 3 is 2.86 bits per heavy atom. The lowest BCUT2D eigenvalue weighted by atomic mass is 10.0. The van der Waals surface area contributed by atoms with Crippen LogP contribution >= 0.6 is 11.3 Å². The summed E-state index contributed by atoms with van der Waals surface area (Å²) in [6.07, 6.45) is 5.84. The summed E-state index contributed by atoms with van der Waals surface area (Å²) in [5, 5.41) is 0. The number of piperidine rings is 1. The van der Waals surface area contributed by atoms with Crippen molar-refractivity contribution in [2.24, 2.45) is 0 Å². The summed E-state index contributed by atoms with van der Waals surface area (Å²) in [6, 6.07) is 11.0. The molecule has 0 bridgehead atoms. The smallest absolute Gasteiger partial charge is 0.109 e. The lowest BCUT2D eigenvalue weighted by Crippen LogP contribution is -2.39. The van der Waals surface area contributed by atoms with E-state index in [0.29, 0.717) is 6.04 Å². The van der Waals surface area contributed by atoms with Crippen LogP contribution in [0.5, 0.6) is 0 Å². The Bertz CT molecular complexity index is 610. The van der Waals surface area contributed by atoms with Crippen LogP contribution in [0, 0.1) is 11.8 Å². The number of hydrogen-bond donors (Lipinski definition) is 0. The molecular formula is C18H20N2S. The van der Waals surface area contributed by atoms with Gasteiger partial charge in [-0.3, -0.25) is 9.88 Å². The number of aromatic nitrogens is 1. The molecule has 1 aliphatic heterocycles. The first-order valence-corrected chi connectivity index (χ1v) is 8.43. The molecule has 0 aliphatic carbocycles. The maximum absolute atomic E-state index is 4.24. The van der Waals surface area contributed by atoms with Crippen molar-refractivity contribution in [3.8, 4) is 11.8 Å². The van der Waals surface area contributed by atoms with E-state index in [4.69, 9.17) is 0 Å². The van der Waals surface area contributed by atoms with E-state index >= 15 is 0 Å². The average molecular weight is 296 g/mol. The lowest BCUT2D eigenvalue weighted by molar-refractivity contribution is 0.134. The minimum Gasteiger partial charge on any atom is -0.283 e. The summed E-state index contributed by atoms with van der Waals surface area (Å²) in [6.45, 7) is 3.45. The number of benzene rings is 1. The van der Waals surface area contributed by atoms with Crippen molar-refractivity contribution >= 4 is 11.3 Å². The summed E-state index contributed by atoms with van der Waals surface area (Å²) in [5.41, 5.74) is 2.98. The normalized spacial score (nSPS) is 20.5. The molecule has 1 aliphatic rings. The van der Waals surface area contributed by atoms with Crippen molar-refractivity contribution < 1.29 is 0 Å². The third-order valence-electron chi connectivity index (χ3n) is 4.03. The van der Waals surface area contributed by atoms with Gasteiger partial charge in [-0.25, -0.2) is 0 Å². The molecule has 3 heteroatoms. The predicted octanol–water partition coefficient (Wildman–Crippen LogP) is 4.11. The Morgan fingerprint density at radius 1 is 1.29 bits per heavy atom. The highest BCUT2D eigenvalue weighted by Gasteiger charge is 2.26. The van der Waals surface area contributed by atoms with Crippen LogP contribution in [-0.4, -0.2) is 22.5 Å². The van der Waals surface area contributed by atoms with E-state index in [2.05, 4.69) is 40.8 Å². The van der Waals surface area contributed by atoms with E-state index in [1.807, 2.05) is 29.9 Å². The van der Waals surface area contributed by atoms with Crippen LogP contribution in [0.15, 0.2) is 42.0 Å². The third kappa shape index (κ3) is 3.53. The quantitative estimate of drug-likeness (QED) is 0.775. The Morgan fingerprint density at radius 2 is 2.14 bits per heavy atom. The summed E-state index contributed by atoms with van der Waals surface area (Å²) >= 11 is 1.71. The minimum atomic E-state index is 0.174. The fourth-order valence-electron chi connectivity index (χ4n) is 2.86. The minimum absolute atomic E-state index is 0.174. The first-order chi connectivity index (χ1) is 10.3. The zero-order chi connectivity index (χ0) is 14.5. The van der Waals surface area contributed by atoms with Gasteiger partial charge >= 0.3 is 0 Å². The van der Waals surface area contributed by atoms with Crippen molar-refractivity contribution in [3.63, 3.8) is 0 Å². The van der Waals surface area contributed by atoms with Crippen LogP contribution in [0.2, 0.25) is 0 Å². The van der Waals surface area contributed by atoms with Crippen molar-refractivity contribution in [2.45, 2.75) is 38.3 Å². The van der Waals surface area contributed by atoms with Gasteiger partial charge in [-0.05, 0) is 38.4 Å². The van der Waals surface area contributed by atoms with Gasteiger partial charge in [-0.2, -0.15) is 0 Å². The van der Waals surface area contributed by atoms with Crippen LogP contribution in [0.3, 0.4) is 0 Å². The van der Waals surface area contributed by atoms with E-state index in [0.717, 1.165) is 12.1 Å². The zero-order valence-electron chi connectivity index (χ0n) is 12.3. The SMILES string of the molecule is CC1CCCCN1C(C#Cc1ccccc1)c1cncs1. The molecule has 2 aromatic rings. The molecule has 2 unspecified atom stereocenters. The predicted molar refractivity (Wildman–Crippen MR) is 88.2 cm³/mol. The number of hydrogen-bond acceptors (Lipinski definition) is 3. The Labute approximate surface area is 130 Å². The van der Waals surface area contributed by atoms with E-state index in [-0.39, 0.29) is 6.04 Å². The zero-order valence-corrected chi connectivity index (χ0v) is 13.1. The van der Waals surface area contributed by atoms with E-state index < -0.39 is 0 Å². The highest BCUT2D eigenvalue weighted by molar-refractivity contribution is 7.09. The van der Waals surface area contributed by atoms with Crippen LogP contribution in [0.4, 0.5) is 0 Å². The van der Waals surface area contributed by atoms with Gasteiger partial charge in [-0.15, -0.1) is 11.3 Å². The Hall–Kier alpha value is -1.63. The fourth-order valence-corrected chi connectivity index (χ4v) is 3.54. The number of nitrogens with zero attached hydrogens (tertiary/aromatic N) is 2.